The quantitative estimate of drug-likeness (QED) is 0.422. The summed E-state index contributed by atoms with van der Waals surface area (Å²) in [5.74, 6) is 0. The average molecular weight is 164 g/mol. The molecule has 0 bridgehead atoms. The van der Waals surface area contributed by atoms with Gasteiger partial charge in [-0.25, -0.2) is 0 Å². The van der Waals surface area contributed by atoms with Crippen molar-refractivity contribution in [1.82, 2.24) is 0 Å². The summed E-state index contributed by atoms with van der Waals surface area (Å²) in [5.41, 5.74) is 0. The Bertz CT molecular complexity index is 137. The first-order valence-electron chi connectivity index (χ1n) is 2.97. The van der Waals surface area contributed by atoms with E-state index >= 15 is 0 Å². The van der Waals surface area contributed by atoms with E-state index in [1.54, 1.807) is 6.08 Å². The first-order valence-corrected chi connectivity index (χ1v) is 4.81. The van der Waals surface area contributed by atoms with Crippen LogP contribution in [0.15, 0.2) is 11.3 Å². The molecule has 0 aromatic rings. The third kappa shape index (κ3) is 2.20. The van der Waals surface area contributed by atoms with E-state index in [2.05, 4.69) is 0 Å². The zero-order valence-corrected chi connectivity index (χ0v) is 6.54. The van der Waals surface area contributed by atoms with E-state index in [1.807, 2.05) is 0 Å². The van der Waals surface area contributed by atoms with Gasteiger partial charge in [0.05, 0.1) is 0 Å². The average Bonchev–Trinajstić information content (AvgIpc) is 2.08. The lowest BCUT2D eigenvalue weighted by atomic mass is 10.4. The molecule has 1 aliphatic carbocycles. The van der Waals surface area contributed by atoms with Crippen LogP contribution in [0.1, 0.15) is 19.3 Å². The van der Waals surface area contributed by atoms with Gasteiger partial charge in [0.25, 0.3) is 0 Å². The fourth-order valence-corrected chi connectivity index (χ4v) is 1.91. The van der Waals surface area contributed by atoms with E-state index in [1.165, 1.54) is 0 Å². The first-order chi connectivity index (χ1) is 4.11. The highest BCUT2D eigenvalue weighted by Gasteiger charge is 2.33. The molecule has 0 spiro atoms. The largest absolute Gasteiger partial charge is 0.524 e. The summed E-state index contributed by atoms with van der Waals surface area (Å²) in [5, 5.41) is 0.461. The number of hydrogen-bond acceptors (Lipinski definition) is 3. The van der Waals surface area contributed by atoms with Crippen molar-refractivity contribution in [1.29, 1.82) is 0 Å². The SMILES string of the molecule is O.O[Si](O)(O)C1=CCCC1. The van der Waals surface area contributed by atoms with E-state index in [9.17, 15) is 0 Å². The van der Waals surface area contributed by atoms with Gasteiger partial charge in [0.15, 0.2) is 0 Å². The lowest BCUT2D eigenvalue weighted by Gasteiger charge is -2.08. The molecule has 0 fully saturated rings. The predicted molar refractivity (Wildman–Crippen MR) is 38.0 cm³/mol. The molecule has 60 valence electrons. The molecular formula is C5H12O4Si. The van der Waals surface area contributed by atoms with Gasteiger partial charge in [-0.15, -0.1) is 0 Å². The van der Waals surface area contributed by atoms with Gasteiger partial charge >= 0.3 is 8.80 Å². The van der Waals surface area contributed by atoms with Gasteiger partial charge in [-0.05, 0) is 24.5 Å². The van der Waals surface area contributed by atoms with Crippen LogP contribution in [0.5, 0.6) is 0 Å². The van der Waals surface area contributed by atoms with Gasteiger partial charge in [-0.3, -0.25) is 0 Å². The Morgan fingerprint density at radius 1 is 1.30 bits per heavy atom. The molecule has 10 heavy (non-hydrogen) atoms. The normalized spacial score (nSPS) is 18.1. The maximum atomic E-state index is 8.70. The van der Waals surface area contributed by atoms with E-state index < -0.39 is 8.80 Å². The number of hydrogen-bond donors (Lipinski definition) is 3. The van der Waals surface area contributed by atoms with Crippen LogP contribution in [0.3, 0.4) is 0 Å². The highest BCUT2D eigenvalue weighted by atomic mass is 28.4. The zero-order chi connectivity index (χ0) is 6.91. The monoisotopic (exact) mass is 164 g/mol. The second-order valence-electron chi connectivity index (χ2n) is 2.26. The van der Waals surface area contributed by atoms with Crippen LogP contribution >= 0.6 is 0 Å². The van der Waals surface area contributed by atoms with Crippen molar-refractivity contribution in [3.05, 3.63) is 11.3 Å². The van der Waals surface area contributed by atoms with Gasteiger partial charge < -0.3 is 19.9 Å². The van der Waals surface area contributed by atoms with E-state index in [0.717, 1.165) is 12.8 Å². The molecule has 0 aromatic heterocycles. The Morgan fingerprint density at radius 3 is 2.10 bits per heavy atom. The van der Waals surface area contributed by atoms with Crippen molar-refractivity contribution >= 4 is 8.80 Å². The minimum Gasteiger partial charge on any atom is -0.412 e. The van der Waals surface area contributed by atoms with Gasteiger partial charge in [-0.2, -0.15) is 0 Å². The lowest BCUT2D eigenvalue weighted by molar-refractivity contribution is 0.241. The standard InChI is InChI=1S/C5H10O3Si.H2O/c6-9(7,8)5-3-1-2-4-5;/h3,6-8H,1-2,4H2;1H2. The summed E-state index contributed by atoms with van der Waals surface area (Å²) < 4.78 is 0. The van der Waals surface area contributed by atoms with Gasteiger partial charge in [0.1, 0.15) is 0 Å². The molecule has 0 atom stereocenters. The van der Waals surface area contributed by atoms with Crippen LogP contribution in [0, 0.1) is 0 Å². The Hall–Kier alpha value is -0.203. The minimum atomic E-state index is -3.86. The molecule has 0 aromatic carbocycles. The van der Waals surface area contributed by atoms with Crippen LogP contribution in [-0.2, 0) is 0 Å². The van der Waals surface area contributed by atoms with Crippen molar-refractivity contribution < 1.29 is 19.9 Å². The molecule has 0 saturated heterocycles. The maximum absolute atomic E-state index is 8.70. The van der Waals surface area contributed by atoms with Gasteiger partial charge in [-0.1, -0.05) is 6.08 Å². The Labute approximate surface area is 60.1 Å². The molecule has 0 saturated carbocycles. The molecule has 5 heteroatoms. The Balaban J connectivity index is 0.000000810. The molecule has 5 N–H and O–H groups in total. The summed E-state index contributed by atoms with van der Waals surface area (Å²) >= 11 is 0. The Kier molecular flexibility index (Phi) is 3.20. The molecule has 4 nitrogen and oxygen atoms in total. The van der Waals surface area contributed by atoms with Crippen LogP contribution in [0.4, 0.5) is 0 Å². The smallest absolute Gasteiger partial charge is 0.412 e. The number of rotatable bonds is 1. The summed E-state index contributed by atoms with van der Waals surface area (Å²) in [7, 11) is -3.86. The summed E-state index contributed by atoms with van der Waals surface area (Å²) in [6.45, 7) is 0. The summed E-state index contributed by atoms with van der Waals surface area (Å²) in [6, 6.07) is 0. The maximum Gasteiger partial charge on any atom is 0.524 e. The molecular weight excluding hydrogens is 152 g/mol. The third-order valence-corrected chi connectivity index (χ3v) is 2.79. The molecule has 0 radical (unpaired) electrons. The third-order valence-electron chi connectivity index (χ3n) is 1.47. The van der Waals surface area contributed by atoms with Crippen LogP contribution in [-0.4, -0.2) is 28.7 Å². The second-order valence-corrected chi connectivity index (χ2v) is 4.17. The number of allylic oxidation sites excluding steroid dienone is 2. The van der Waals surface area contributed by atoms with Crippen molar-refractivity contribution in [3.8, 4) is 0 Å². The summed E-state index contributed by atoms with van der Waals surface area (Å²) in [6.07, 6.45) is 4.17. The van der Waals surface area contributed by atoms with E-state index in [4.69, 9.17) is 14.4 Å². The minimum absolute atomic E-state index is 0. The van der Waals surface area contributed by atoms with Gasteiger partial charge in [0, 0.05) is 0 Å². The van der Waals surface area contributed by atoms with Gasteiger partial charge in [0.2, 0.25) is 0 Å². The van der Waals surface area contributed by atoms with Crippen LogP contribution < -0.4 is 0 Å². The topological polar surface area (TPSA) is 92.2 Å². The molecule has 0 aliphatic heterocycles. The zero-order valence-electron chi connectivity index (χ0n) is 5.54. The highest BCUT2D eigenvalue weighted by Crippen LogP contribution is 2.21. The van der Waals surface area contributed by atoms with Crippen molar-refractivity contribution in [2.45, 2.75) is 19.3 Å². The fraction of sp³-hybridized carbons (Fsp3) is 0.600. The van der Waals surface area contributed by atoms with E-state index in [-0.39, 0.29) is 5.48 Å². The van der Waals surface area contributed by atoms with Crippen molar-refractivity contribution in [3.63, 3.8) is 0 Å². The van der Waals surface area contributed by atoms with E-state index in [0.29, 0.717) is 11.6 Å². The van der Waals surface area contributed by atoms with Crippen molar-refractivity contribution in [2.24, 2.45) is 0 Å². The van der Waals surface area contributed by atoms with Crippen LogP contribution in [0.25, 0.3) is 0 Å². The molecule has 1 aliphatic rings. The second kappa shape index (κ2) is 3.27. The lowest BCUT2D eigenvalue weighted by Crippen LogP contribution is -2.37. The molecule has 1 rings (SSSR count). The first kappa shape index (κ1) is 9.80. The summed E-state index contributed by atoms with van der Waals surface area (Å²) in [4.78, 5) is 26.1. The van der Waals surface area contributed by atoms with Crippen LogP contribution in [0.2, 0.25) is 0 Å². The molecule has 0 heterocycles. The molecule has 0 unspecified atom stereocenters. The predicted octanol–water partition coefficient (Wildman–Crippen LogP) is -1.27. The van der Waals surface area contributed by atoms with Crippen molar-refractivity contribution in [2.75, 3.05) is 0 Å². The fourth-order valence-electron chi connectivity index (χ4n) is 0.976. The molecule has 0 amide bonds. The highest BCUT2D eigenvalue weighted by molar-refractivity contribution is 6.64. The Morgan fingerprint density at radius 2 is 1.90 bits per heavy atom.